The van der Waals surface area contributed by atoms with Gasteiger partial charge in [-0.25, -0.2) is 0 Å². The van der Waals surface area contributed by atoms with Crippen LogP contribution in [0, 0.1) is 0 Å². The van der Waals surface area contributed by atoms with Crippen LogP contribution >= 0.6 is 0 Å². The number of hydrogen-bond acceptors (Lipinski definition) is 3. The molecule has 0 amide bonds. The van der Waals surface area contributed by atoms with Gasteiger partial charge in [-0.1, -0.05) is 0 Å². The molecule has 0 heterocycles. The van der Waals surface area contributed by atoms with Gasteiger partial charge in [-0.3, -0.25) is 4.79 Å². The van der Waals surface area contributed by atoms with E-state index < -0.39 is 0 Å². The summed E-state index contributed by atoms with van der Waals surface area (Å²) in [6, 6.07) is 0. The van der Waals surface area contributed by atoms with E-state index in [-0.39, 0.29) is 11.6 Å². The van der Waals surface area contributed by atoms with Crippen LogP contribution < -0.4 is 0 Å². The van der Waals surface area contributed by atoms with Gasteiger partial charge in [0.1, 0.15) is 5.60 Å². The van der Waals surface area contributed by atoms with Gasteiger partial charge in [0.25, 0.3) is 0 Å². The minimum atomic E-state index is -0.358. The Balaban J connectivity index is 3.61. The van der Waals surface area contributed by atoms with Crippen molar-refractivity contribution in [1.29, 1.82) is 0 Å². The van der Waals surface area contributed by atoms with E-state index in [4.69, 9.17) is 4.74 Å². The van der Waals surface area contributed by atoms with E-state index in [1.54, 1.807) is 0 Å². The number of rotatable bonds is 3. The zero-order chi connectivity index (χ0) is 9.78. The Morgan fingerprint density at radius 3 is 2.17 bits per heavy atom. The Kier molecular flexibility index (Phi) is 4.24. The Bertz CT molecular complexity index is 147. The van der Waals surface area contributed by atoms with Crippen molar-refractivity contribution >= 4 is 5.97 Å². The first-order valence-corrected chi connectivity index (χ1v) is 4.18. The number of carbonyl (C=O) groups is 1. The second kappa shape index (κ2) is 4.45. The lowest BCUT2D eigenvalue weighted by molar-refractivity contribution is -0.155. The van der Waals surface area contributed by atoms with E-state index in [0.717, 1.165) is 6.54 Å². The molecule has 0 aliphatic carbocycles. The maximum atomic E-state index is 11.1. The number of esters is 1. The lowest BCUT2D eigenvalue weighted by Gasteiger charge is -2.20. The molecule has 0 aliphatic rings. The van der Waals surface area contributed by atoms with Crippen LogP contribution in [0.25, 0.3) is 0 Å². The van der Waals surface area contributed by atoms with Crippen molar-refractivity contribution < 1.29 is 9.53 Å². The quantitative estimate of drug-likeness (QED) is 0.602. The second-order valence-corrected chi connectivity index (χ2v) is 4.14. The molecule has 0 aromatic heterocycles. The zero-order valence-corrected chi connectivity index (χ0v) is 8.68. The molecule has 0 radical (unpaired) electrons. The van der Waals surface area contributed by atoms with Crippen LogP contribution in [0.3, 0.4) is 0 Å². The van der Waals surface area contributed by atoms with E-state index in [2.05, 4.69) is 0 Å². The first kappa shape index (κ1) is 11.4. The van der Waals surface area contributed by atoms with Crippen LogP contribution in [0.15, 0.2) is 0 Å². The van der Waals surface area contributed by atoms with Crippen LogP contribution in [0.5, 0.6) is 0 Å². The highest BCUT2D eigenvalue weighted by Crippen LogP contribution is 2.07. The minimum Gasteiger partial charge on any atom is -0.460 e. The molecule has 0 aromatic carbocycles. The molecular weight excluding hydrogens is 154 g/mol. The Morgan fingerprint density at radius 1 is 1.33 bits per heavy atom. The molecule has 0 fully saturated rings. The Labute approximate surface area is 74.7 Å². The van der Waals surface area contributed by atoms with Crippen molar-refractivity contribution in [3.8, 4) is 0 Å². The molecule has 0 atom stereocenters. The fourth-order valence-electron chi connectivity index (χ4n) is 0.707. The summed E-state index contributed by atoms with van der Waals surface area (Å²) < 4.78 is 5.12. The third kappa shape index (κ3) is 7.54. The van der Waals surface area contributed by atoms with Gasteiger partial charge in [-0.15, -0.1) is 0 Å². The summed E-state index contributed by atoms with van der Waals surface area (Å²) in [5.41, 5.74) is -0.358. The normalized spacial score (nSPS) is 11.8. The highest BCUT2D eigenvalue weighted by molar-refractivity contribution is 5.70. The summed E-state index contributed by atoms with van der Waals surface area (Å²) in [6.07, 6.45) is 0.463. The molecule has 0 N–H and O–H groups in total. The lowest BCUT2D eigenvalue weighted by atomic mass is 10.2. The van der Waals surface area contributed by atoms with Gasteiger partial charge in [0.2, 0.25) is 0 Å². The summed E-state index contributed by atoms with van der Waals surface area (Å²) >= 11 is 0. The van der Waals surface area contributed by atoms with E-state index in [1.807, 2.05) is 39.8 Å². The maximum absolute atomic E-state index is 11.1. The van der Waals surface area contributed by atoms with Gasteiger partial charge in [-0.2, -0.15) is 0 Å². The third-order valence-electron chi connectivity index (χ3n) is 1.18. The second-order valence-electron chi connectivity index (χ2n) is 4.14. The zero-order valence-electron chi connectivity index (χ0n) is 8.68. The van der Waals surface area contributed by atoms with Crippen molar-refractivity contribution in [2.24, 2.45) is 0 Å². The highest BCUT2D eigenvalue weighted by Gasteiger charge is 2.15. The predicted octanol–water partition coefficient (Wildman–Crippen LogP) is 1.28. The van der Waals surface area contributed by atoms with Gasteiger partial charge < -0.3 is 9.64 Å². The average Bonchev–Trinajstić information content (AvgIpc) is 1.79. The summed E-state index contributed by atoms with van der Waals surface area (Å²) in [5.74, 6) is -0.129. The Hall–Kier alpha value is -0.570. The van der Waals surface area contributed by atoms with Gasteiger partial charge in [0.05, 0.1) is 6.42 Å². The Morgan fingerprint density at radius 2 is 1.83 bits per heavy atom. The molecular formula is C9H19NO2. The molecule has 0 unspecified atom stereocenters. The van der Waals surface area contributed by atoms with Gasteiger partial charge in [-0.05, 0) is 34.9 Å². The molecule has 0 bridgehead atoms. The first-order chi connectivity index (χ1) is 5.31. The van der Waals surface area contributed by atoms with E-state index in [1.165, 1.54) is 0 Å². The fraction of sp³-hybridized carbons (Fsp3) is 0.889. The van der Waals surface area contributed by atoms with Gasteiger partial charge in [0, 0.05) is 6.54 Å². The molecule has 3 nitrogen and oxygen atoms in total. The molecule has 0 rings (SSSR count). The monoisotopic (exact) mass is 173 g/mol. The van der Waals surface area contributed by atoms with E-state index in [0.29, 0.717) is 6.42 Å². The molecule has 0 aromatic rings. The highest BCUT2D eigenvalue weighted by atomic mass is 16.6. The van der Waals surface area contributed by atoms with E-state index >= 15 is 0 Å². The summed E-state index contributed by atoms with van der Waals surface area (Å²) in [7, 11) is 3.87. The lowest BCUT2D eigenvalue weighted by Crippen LogP contribution is -2.26. The average molecular weight is 173 g/mol. The third-order valence-corrected chi connectivity index (χ3v) is 1.18. The summed E-state index contributed by atoms with van der Waals surface area (Å²) in [4.78, 5) is 13.1. The number of nitrogens with zero attached hydrogens (tertiary/aromatic N) is 1. The van der Waals surface area contributed by atoms with Crippen LogP contribution in [-0.2, 0) is 9.53 Å². The van der Waals surface area contributed by atoms with Gasteiger partial charge in [0.15, 0.2) is 0 Å². The molecule has 0 aliphatic heterocycles. The largest absolute Gasteiger partial charge is 0.460 e. The van der Waals surface area contributed by atoms with Crippen molar-refractivity contribution in [3.05, 3.63) is 0 Å². The van der Waals surface area contributed by atoms with Gasteiger partial charge >= 0.3 is 5.97 Å². The van der Waals surface area contributed by atoms with E-state index in [9.17, 15) is 4.79 Å². The molecule has 0 saturated carbocycles. The molecule has 3 heteroatoms. The first-order valence-electron chi connectivity index (χ1n) is 4.18. The topological polar surface area (TPSA) is 29.5 Å². The fourth-order valence-corrected chi connectivity index (χ4v) is 0.707. The molecule has 72 valence electrons. The van der Waals surface area contributed by atoms with Crippen LogP contribution in [0.4, 0.5) is 0 Å². The number of ether oxygens (including phenoxy) is 1. The van der Waals surface area contributed by atoms with Crippen LogP contribution in [0.1, 0.15) is 27.2 Å². The predicted molar refractivity (Wildman–Crippen MR) is 49.0 cm³/mol. The van der Waals surface area contributed by atoms with Crippen molar-refractivity contribution in [3.63, 3.8) is 0 Å². The van der Waals surface area contributed by atoms with Crippen molar-refractivity contribution in [2.45, 2.75) is 32.8 Å². The smallest absolute Gasteiger partial charge is 0.307 e. The number of hydrogen-bond donors (Lipinski definition) is 0. The van der Waals surface area contributed by atoms with Crippen molar-refractivity contribution in [2.75, 3.05) is 20.6 Å². The van der Waals surface area contributed by atoms with Crippen LogP contribution in [0.2, 0.25) is 0 Å². The summed E-state index contributed by atoms with van der Waals surface area (Å²) in [6.45, 7) is 6.37. The molecule has 0 spiro atoms. The molecule has 0 saturated heterocycles. The SMILES string of the molecule is CN(C)CCC(=O)OC(C)(C)C. The number of carbonyl (C=O) groups excluding carboxylic acids is 1. The maximum Gasteiger partial charge on any atom is 0.307 e. The minimum absolute atomic E-state index is 0.129. The molecule has 12 heavy (non-hydrogen) atoms. The van der Waals surface area contributed by atoms with Crippen molar-refractivity contribution in [1.82, 2.24) is 4.90 Å². The summed E-state index contributed by atoms with van der Waals surface area (Å²) in [5, 5.41) is 0. The van der Waals surface area contributed by atoms with Crippen LogP contribution in [-0.4, -0.2) is 37.1 Å². The standard InChI is InChI=1S/C9H19NO2/c1-9(2,3)12-8(11)6-7-10(4)5/h6-7H2,1-5H3.